The molecule has 29 heavy (non-hydrogen) atoms. The molecule has 2 amide bonds. The van der Waals surface area contributed by atoms with E-state index in [1.165, 1.54) is 0 Å². The maximum Gasteiger partial charge on any atom is 0.407 e. The zero-order chi connectivity index (χ0) is 20.9. The molecule has 2 rings (SSSR count). The Bertz CT molecular complexity index is 736. The number of para-hydroxylation sites is 1. The normalized spacial score (nSPS) is 11.6. The van der Waals surface area contributed by atoms with Crippen molar-refractivity contribution in [1.82, 2.24) is 10.6 Å². The van der Waals surface area contributed by atoms with Crippen LogP contribution in [0.4, 0.5) is 10.5 Å². The number of carbonyl (C=O) groups is 2. The lowest BCUT2D eigenvalue weighted by molar-refractivity contribution is -0.121. The molecule has 6 heteroatoms. The van der Waals surface area contributed by atoms with Crippen LogP contribution in [0.1, 0.15) is 32.3 Å². The van der Waals surface area contributed by atoms with Gasteiger partial charge in [-0.3, -0.25) is 4.79 Å². The van der Waals surface area contributed by atoms with Gasteiger partial charge in [0.15, 0.2) is 0 Å². The van der Waals surface area contributed by atoms with E-state index in [-0.39, 0.29) is 18.6 Å². The summed E-state index contributed by atoms with van der Waals surface area (Å²) in [7, 11) is 0. The standard InChI is InChI=1S/C23H31N3O3/c1-18(2)21(26-20-12-7-4-8-13-20)16-25-22(27)14-9-15-24-23(28)29-17-19-10-5-3-6-11-19/h3-8,10-13,18,21,26H,9,14-17H2,1-2H3,(H,24,28)(H,25,27). The summed E-state index contributed by atoms with van der Waals surface area (Å²) in [6.45, 7) is 5.43. The Morgan fingerprint density at radius 1 is 0.931 bits per heavy atom. The number of rotatable bonds is 11. The van der Waals surface area contributed by atoms with E-state index in [1.807, 2.05) is 60.7 Å². The summed E-state index contributed by atoms with van der Waals surface area (Å²) in [6, 6.07) is 19.6. The van der Waals surface area contributed by atoms with Crippen LogP contribution in [0.15, 0.2) is 60.7 Å². The number of benzene rings is 2. The van der Waals surface area contributed by atoms with E-state index in [2.05, 4.69) is 29.8 Å². The van der Waals surface area contributed by atoms with E-state index in [4.69, 9.17) is 4.74 Å². The molecule has 0 aromatic heterocycles. The summed E-state index contributed by atoms with van der Waals surface area (Å²) in [5, 5.41) is 9.10. The summed E-state index contributed by atoms with van der Waals surface area (Å²) in [5.74, 6) is 0.349. The summed E-state index contributed by atoms with van der Waals surface area (Å²) < 4.78 is 5.14. The maximum absolute atomic E-state index is 12.1. The van der Waals surface area contributed by atoms with Crippen molar-refractivity contribution in [3.8, 4) is 0 Å². The van der Waals surface area contributed by atoms with Crippen LogP contribution in [0, 0.1) is 5.92 Å². The lowest BCUT2D eigenvalue weighted by atomic mass is 10.0. The molecule has 0 spiro atoms. The number of hydrogen-bond donors (Lipinski definition) is 3. The molecule has 6 nitrogen and oxygen atoms in total. The first-order valence-corrected chi connectivity index (χ1v) is 10.1. The van der Waals surface area contributed by atoms with Crippen LogP contribution in [-0.2, 0) is 16.1 Å². The van der Waals surface area contributed by atoms with Crippen molar-refractivity contribution in [2.24, 2.45) is 5.92 Å². The molecule has 0 radical (unpaired) electrons. The first kappa shape index (κ1) is 22.3. The minimum Gasteiger partial charge on any atom is -0.445 e. The van der Waals surface area contributed by atoms with Crippen LogP contribution in [-0.4, -0.2) is 31.1 Å². The molecule has 3 N–H and O–H groups in total. The molecule has 1 atom stereocenters. The average molecular weight is 398 g/mol. The maximum atomic E-state index is 12.1. The Hall–Kier alpha value is -3.02. The highest BCUT2D eigenvalue weighted by atomic mass is 16.5. The van der Waals surface area contributed by atoms with Crippen molar-refractivity contribution >= 4 is 17.7 Å². The van der Waals surface area contributed by atoms with Gasteiger partial charge in [0, 0.05) is 31.2 Å². The van der Waals surface area contributed by atoms with Crippen LogP contribution in [0.5, 0.6) is 0 Å². The molecule has 0 heterocycles. The van der Waals surface area contributed by atoms with Gasteiger partial charge in [0.25, 0.3) is 0 Å². The lowest BCUT2D eigenvalue weighted by Gasteiger charge is -2.24. The minimum absolute atomic E-state index is 0.0232. The number of alkyl carbamates (subject to hydrolysis) is 1. The second-order valence-electron chi connectivity index (χ2n) is 7.26. The van der Waals surface area contributed by atoms with Gasteiger partial charge in [0.1, 0.15) is 6.61 Å². The molecule has 0 bridgehead atoms. The van der Waals surface area contributed by atoms with E-state index in [1.54, 1.807) is 0 Å². The number of amides is 2. The average Bonchev–Trinajstić information content (AvgIpc) is 2.74. The Labute approximate surface area is 173 Å². The van der Waals surface area contributed by atoms with Gasteiger partial charge in [-0.15, -0.1) is 0 Å². The van der Waals surface area contributed by atoms with Gasteiger partial charge in [-0.2, -0.15) is 0 Å². The fraction of sp³-hybridized carbons (Fsp3) is 0.391. The first-order chi connectivity index (χ1) is 14.0. The smallest absolute Gasteiger partial charge is 0.407 e. The van der Waals surface area contributed by atoms with Gasteiger partial charge in [-0.05, 0) is 30.0 Å². The molecule has 0 aliphatic carbocycles. The van der Waals surface area contributed by atoms with Crippen molar-refractivity contribution in [3.63, 3.8) is 0 Å². The summed E-state index contributed by atoms with van der Waals surface area (Å²) in [6.07, 6.45) is 0.445. The van der Waals surface area contributed by atoms with Crippen LogP contribution in [0.2, 0.25) is 0 Å². The number of nitrogens with one attached hydrogen (secondary N) is 3. The Morgan fingerprint density at radius 2 is 1.59 bits per heavy atom. The van der Waals surface area contributed by atoms with E-state index >= 15 is 0 Å². The summed E-state index contributed by atoms with van der Waals surface area (Å²) in [5.41, 5.74) is 1.98. The SMILES string of the molecule is CC(C)C(CNC(=O)CCCNC(=O)OCc1ccccc1)Nc1ccccc1. The highest BCUT2D eigenvalue weighted by Gasteiger charge is 2.14. The highest BCUT2D eigenvalue weighted by molar-refractivity contribution is 5.76. The summed E-state index contributed by atoms with van der Waals surface area (Å²) >= 11 is 0. The van der Waals surface area contributed by atoms with Crippen molar-refractivity contribution in [3.05, 3.63) is 66.2 Å². The molecular weight excluding hydrogens is 366 g/mol. The van der Waals surface area contributed by atoms with Gasteiger partial charge in [0.2, 0.25) is 5.91 Å². The number of anilines is 1. The molecule has 0 aliphatic rings. The molecule has 0 aliphatic heterocycles. The highest BCUT2D eigenvalue weighted by Crippen LogP contribution is 2.11. The fourth-order valence-electron chi connectivity index (χ4n) is 2.73. The molecule has 0 saturated carbocycles. The zero-order valence-electron chi connectivity index (χ0n) is 17.2. The van der Waals surface area contributed by atoms with E-state index in [0.29, 0.717) is 31.8 Å². The molecule has 1 unspecified atom stereocenters. The van der Waals surface area contributed by atoms with Crippen LogP contribution >= 0.6 is 0 Å². The largest absolute Gasteiger partial charge is 0.445 e. The van der Waals surface area contributed by atoms with Gasteiger partial charge in [-0.1, -0.05) is 62.4 Å². The van der Waals surface area contributed by atoms with Gasteiger partial charge < -0.3 is 20.7 Å². The number of carbonyl (C=O) groups excluding carboxylic acids is 2. The van der Waals surface area contributed by atoms with Crippen molar-refractivity contribution in [1.29, 1.82) is 0 Å². The number of hydrogen-bond acceptors (Lipinski definition) is 4. The quantitative estimate of drug-likeness (QED) is 0.502. The first-order valence-electron chi connectivity index (χ1n) is 10.1. The van der Waals surface area contributed by atoms with Crippen molar-refractivity contribution < 1.29 is 14.3 Å². The Balaban J connectivity index is 1.59. The molecule has 2 aromatic carbocycles. The zero-order valence-corrected chi connectivity index (χ0v) is 17.2. The van der Waals surface area contributed by atoms with E-state index in [9.17, 15) is 9.59 Å². The molecule has 156 valence electrons. The van der Waals surface area contributed by atoms with Crippen LogP contribution in [0.3, 0.4) is 0 Å². The third kappa shape index (κ3) is 9.14. The minimum atomic E-state index is -0.471. The Kier molecular flexibility index (Phi) is 9.55. The summed E-state index contributed by atoms with van der Waals surface area (Å²) in [4.78, 5) is 23.8. The fourth-order valence-corrected chi connectivity index (χ4v) is 2.73. The van der Waals surface area contributed by atoms with Crippen LogP contribution < -0.4 is 16.0 Å². The topological polar surface area (TPSA) is 79.5 Å². The monoisotopic (exact) mass is 397 g/mol. The molecule has 2 aromatic rings. The third-order valence-electron chi connectivity index (χ3n) is 4.51. The van der Waals surface area contributed by atoms with Gasteiger partial charge in [0.05, 0.1) is 0 Å². The van der Waals surface area contributed by atoms with Crippen molar-refractivity contribution in [2.45, 2.75) is 39.3 Å². The van der Waals surface area contributed by atoms with Gasteiger partial charge in [-0.25, -0.2) is 4.79 Å². The van der Waals surface area contributed by atoms with Crippen LogP contribution in [0.25, 0.3) is 0 Å². The second kappa shape index (κ2) is 12.4. The molecule has 0 fully saturated rings. The lowest BCUT2D eigenvalue weighted by Crippen LogP contribution is -2.39. The number of ether oxygens (including phenoxy) is 1. The Morgan fingerprint density at radius 3 is 2.24 bits per heavy atom. The van der Waals surface area contributed by atoms with E-state index < -0.39 is 6.09 Å². The second-order valence-corrected chi connectivity index (χ2v) is 7.26. The molecule has 0 saturated heterocycles. The molecular formula is C23H31N3O3. The third-order valence-corrected chi connectivity index (χ3v) is 4.51. The van der Waals surface area contributed by atoms with E-state index in [0.717, 1.165) is 11.3 Å². The van der Waals surface area contributed by atoms with Gasteiger partial charge >= 0.3 is 6.09 Å². The predicted octanol–water partition coefficient (Wildman–Crippen LogP) is 3.95. The van der Waals surface area contributed by atoms with Crippen molar-refractivity contribution in [2.75, 3.05) is 18.4 Å². The predicted molar refractivity (Wildman–Crippen MR) is 116 cm³/mol.